The highest BCUT2D eigenvalue weighted by Crippen LogP contribution is 2.21. The van der Waals surface area contributed by atoms with E-state index in [0.717, 1.165) is 12.8 Å². The first-order valence-electron chi connectivity index (χ1n) is 8.14. The number of hydrogen-bond donors (Lipinski definition) is 0. The molecule has 2 aromatic rings. The molecule has 1 aliphatic heterocycles. The molecule has 1 amide bonds. The molecule has 0 radical (unpaired) electrons. The van der Waals surface area contributed by atoms with Crippen LogP contribution < -0.4 is 4.74 Å². The Hall–Kier alpha value is -2.69. The number of pyridine rings is 1. The Morgan fingerprint density at radius 1 is 1.17 bits per heavy atom. The second-order valence-corrected chi connectivity index (χ2v) is 5.89. The van der Waals surface area contributed by atoms with E-state index in [4.69, 9.17) is 4.74 Å². The van der Waals surface area contributed by atoms with E-state index in [-0.39, 0.29) is 24.2 Å². The number of carbonyl (C=O) groups is 2. The molecular weight excluding hydrogens is 304 g/mol. The summed E-state index contributed by atoms with van der Waals surface area (Å²) in [6.45, 7) is 1.11. The minimum atomic E-state index is -0.136. The predicted molar refractivity (Wildman–Crippen MR) is 89.8 cm³/mol. The Labute approximate surface area is 141 Å². The highest BCUT2D eigenvalue weighted by atomic mass is 16.5. The van der Waals surface area contributed by atoms with Gasteiger partial charge in [-0.25, -0.2) is 0 Å². The second-order valence-electron chi connectivity index (χ2n) is 5.89. The van der Waals surface area contributed by atoms with Crippen LogP contribution in [-0.4, -0.2) is 41.3 Å². The zero-order chi connectivity index (χ0) is 16.8. The highest BCUT2D eigenvalue weighted by Gasteiger charge is 2.29. The van der Waals surface area contributed by atoms with Crippen molar-refractivity contribution in [3.05, 3.63) is 60.4 Å². The van der Waals surface area contributed by atoms with Crippen molar-refractivity contribution in [3.63, 3.8) is 0 Å². The number of ketones is 1. The lowest BCUT2D eigenvalue weighted by Gasteiger charge is -2.32. The summed E-state index contributed by atoms with van der Waals surface area (Å²) in [4.78, 5) is 30.6. The van der Waals surface area contributed by atoms with Crippen LogP contribution in [0.15, 0.2) is 54.9 Å². The number of likely N-dealkylation sites (tertiary alicyclic amines) is 1. The molecule has 2 heterocycles. The number of piperidine rings is 1. The summed E-state index contributed by atoms with van der Waals surface area (Å²) in [5, 5.41) is 0. The first-order valence-corrected chi connectivity index (χ1v) is 8.14. The van der Waals surface area contributed by atoms with Gasteiger partial charge in [-0.05, 0) is 25.0 Å². The number of hydrogen-bond acceptors (Lipinski definition) is 4. The Balaban J connectivity index is 1.57. The number of carbonyl (C=O) groups excluding carboxylic acids is 2. The summed E-state index contributed by atoms with van der Waals surface area (Å²) < 4.78 is 5.46. The smallest absolute Gasteiger partial charge is 0.260 e. The third-order valence-electron chi connectivity index (χ3n) is 4.20. The van der Waals surface area contributed by atoms with Gasteiger partial charge in [-0.1, -0.05) is 30.3 Å². The van der Waals surface area contributed by atoms with Crippen LogP contribution in [-0.2, 0) is 4.79 Å². The van der Waals surface area contributed by atoms with E-state index in [9.17, 15) is 9.59 Å². The largest absolute Gasteiger partial charge is 0.482 e. The van der Waals surface area contributed by atoms with Crippen LogP contribution in [0.1, 0.15) is 23.2 Å². The number of amides is 1. The summed E-state index contributed by atoms with van der Waals surface area (Å²) in [5.41, 5.74) is 0.711. The number of aromatic nitrogens is 1. The molecule has 24 heavy (non-hydrogen) atoms. The molecule has 0 aliphatic carbocycles. The van der Waals surface area contributed by atoms with Gasteiger partial charge < -0.3 is 9.64 Å². The number of nitrogens with zero attached hydrogens (tertiary/aromatic N) is 2. The van der Waals surface area contributed by atoms with E-state index >= 15 is 0 Å². The van der Waals surface area contributed by atoms with Gasteiger partial charge in [0.1, 0.15) is 5.75 Å². The average molecular weight is 324 g/mol. The van der Waals surface area contributed by atoms with Gasteiger partial charge in [0.25, 0.3) is 5.91 Å². The first kappa shape index (κ1) is 16.2. The molecule has 1 aliphatic rings. The molecule has 0 N–H and O–H groups in total. The molecule has 1 aromatic carbocycles. The Kier molecular flexibility index (Phi) is 5.21. The summed E-state index contributed by atoms with van der Waals surface area (Å²) in [5.74, 6) is 0.453. The third kappa shape index (κ3) is 3.98. The molecule has 1 atom stereocenters. The summed E-state index contributed by atoms with van der Waals surface area (Å²) in [7, 11) is 0. The summed E-state index contributed by atoms with van der Waals surface area (Å²) >= 11 is 0. The molecule has 1 fully saturated rings. The number of ether oxygens (including phenoxy) is 1. The fourth-order valence-electron chi connectivity index (χ4n) is 2.92. The van der Waals surface area contributed by atoms with E-state index in [0.29, 0.717) is 24.4 Å². The number of benzene rings is 1. The maximum atomic E-state index is 12.6. The molecular formula is C19H20N2O3. The standard InChI is InChI=1S/C19H20N2O3/c22-18(14-24-17-9-4-10-20-12-17)21-11-5-8-16(13-21)19(23)15-6-2-1-3-7-15/h1-4,6-7,9-10,12,16H,5,8,11,13-14H2. The first-order chi connectivity index (χ1) is 11.7. The van der Waals surface area contributed by atoms with E-state index in [1.54, 1.807) is 29.4 Å². The maximum absolute atomic E-state index is 12.6. The Morgan fingerprint density at radius 2 is 2.00 bits per heavy atom. The maximum Gasteiger partial charge on any atom is 0.260 e. The zero-order valence-electron chi connectivity index (χ0n) is 13.4. The molecule has 1 saturated heterocycles. The van der Waals surface area contributed by atoms with Crippen LogP contribution in [0.2, 0.25) is 0 Å². The second kappa shape index (κ2) is 7.73. The zero-order valence-corrected chi connectivity index (χ0v) is 13.4. The fraction of sp³-hybridized carbons (Fsp3) is 0.316. The van der Waals surface area contributed by atoms with Crippen LogP contribution >= 0.6 is 0 Å². The summed E-state index contributed by atoms with van der Waals surface area (Å²) in [6.07, 6.45) is 4.88. The summed E-state index contributed by atoms with van der Waals surface area (Å²) in [6, 6.07) is 12.8. The molecule has 1 aromatic heterocycles. The van der Waals surface area contributed by atoms with Crippen molar-refractivity contribution in [2.24, 2.45) is 5.92 Å². The quantitative estimate of drug-likeness (QED) is 0.793. The van der Waals surface area contributed by atoms with Gasteiger partial charge in [0, 0.05) is 30.8 Å². The van der Waals surface area contributed by atoms with Crippen molar-refractivity contribution in [2.45, 2.75) is 12.8 Å². The van der Waals surface area contributed by atoms with Crippen LogP contribution in [0.4, 0.5) is 0 Å². The van der Waals surface area contributed by atoms with E-state index in [1.807, 2.05) is 30.3 Å². The van der Waals surface area contributed by atoms with Gasteiger partial charge in [0.15, 0.2) is 12.4 Å². The molecule has 3 rings (SSSR count). The molecule has 1 unspecified atom stereocenters. The van der Waals surface area contributed by atoms with Gasteiger partial charge in [-0.3, -0.25) is 14.6 Å². The average Bonchev–Trinajstić information content (AvgIpc) is 2.67. The molecule has 0 spiro atoms. The third-order valence-corrected chi connectivity index (χ3v) is 4.20. The monoisotopic (exact) mass is 324 g/mol. The Bertz CT molecular complexity index is 688. The van der Waals surface area contributed by atoms with Gasteiger partial charge in [-0.2, -0.15) is 0 Å². The number of Topliss-reactive ketones (excluding diaryl/α,β-unsaturated/α-hetero) is 1. The highest BCUT2D eigenvalue weighted by molar-refractivity contribution is 5.98. The Morgan fingerprint density at radius 3 is 2.75 bits per heavy atom. The molecule has 124 valence electrons. The van der Waals surface area contributed by atoms with Crippen molar-refractivity contribution in [1.29, 1.82) is 0 Å². The van der Waals surface area contributed by atoms with Crippen LogP contribution in [0, 0.1) is 5.92 Å². The predicted octanol–water partition coefficient (Wildman–Crippen LogP) is 2.58. The fourth-order valence-corrected chi connectivity index (χ4v) is 2.92. The van der Waals surface area contributed by atoms with Crippen LogP contribution in [0.25, 0.3) is 0 Å². The van der Waals surface area contributed by atoms with Gasteiger partial charge in [0.05, 0.1) is 6.20 Å². The van der Waals surface area contributed by atoms with Crippen molar-refractivity contribution >= 4 is 11.7 Å². The van der Waals surface area contributed by atoms with Crippen molar-refractivity contribution in [2.75, 3.05) is 19.7 Å². The van der Waals surface area contributed by atoms with Gasteiger partial charge in [0.2, 0.25) is 0 Å². The molecule has 5 heteroatoms. The molecule has 0 bridgehead atoms. The van der Waals surface area contributed by atoms with E-state index in [1.165, 1.54) is 0 Å². The topological polar surface area (TPSA) is 59.5 Å². The molecule has 5 nitrogen and oxygen atoms in total. The SMILES string of the molecule is O=C(c1ccccc1)C1CCCN(C(=O)COc2cccnc2)C1. The van der Waals surface area contributed by atoms with Gasteiger partial charge >= 0.3 is 0 Å². The van der Waals surface area contributed by atoms with E-state index in [2.05, 4.69) is 4.98 Å². The van der Waals surface area contributed by atoms with Crippen molar-refractivity contribution in [1.82, 2.24) is 9.88 Å². The van der Waals surface area contributed by atoms with Crippen LogP contribution in [0.5, 0.6) is 5.75 Å². The lowest BCUT2D eigenvalue weighted by Crippen LogP contribution is -2.44. The normalized spacial score (nSPS) is 17.3. The van der Waals surface area contributed by atoms with Crippen molar-refractivity contribution in [3.8, 4) is 5.75 Å². The molecule has 0 saturated carbocycles. The van der Waals surface area contributed by atoms with E-state index < -0.39 is 0 Å². The number of rotatable bonds is 5. The lowest BCUT2D eigenvalue weighted by molar-refractivity contribution is -0.134. The minimum absolute atomic E-state index is 0.0298. The lowest BCUT2D eigenvalue weighted by atomic mass is 9.90. The van der Waals surface area contributed by atoms with Crippen LogP contribution in [0.3, 0.4) is 0 Å². The minimum Gasteiger partial charge on any atom is -0.482 e. The van der Waals surface area contributed by atoms with Gasteiger partial charge in [-0.15, -0.1) is 0 Å². The van der Waals surface area contributed by atoms with Crippen molar-refractivity contribution < 1.29 is 14.3 Å².